The molecule has 6 heteroatoms. The molecular formula is C122H90F3N3. The second-order valence-electron chi connectivity index (χ2n) is 31.7. The summed E-state index contributed by atoms with van der Waals surface area (Å²) in [6.07, 6.45) is 0. The molecule has 20 rings (SSSR count). The van der Waals surface area contributed by atoms with Crippen LogP contribution in [-0.4, -0.2) is 0 Å². The molecule has 0 amide bonds. The van der Waals surface area contributed by atoms with Gasteiger partial charge in [-0.1, -0.05) is 412 Å². The summed E-state index contributed by atoms with van der Waals surface area (Å²) in [4.78, 5) is 6.10. The third-order valence-electron chi connectivity index (χ3n) is 23.2. The van der Waals surface area contributed by atoms with Crippen molar-refractivity contribution in [2.75, 3.05) is 14.7 Å². The second kappa shape index (κ2) is 39.0. The van der Waals surface area contributed by atoms with E-state index in [2.05, 4.69) is 275 Å². The van der Waals surface area contributed by atoms with Crippen LogP contribution in [0, 0.1) is 31.3 Å². The molecule has 0 aliphatic rings. The minimum absolute atomic E-state index is 0.263. The summed E-state index contributed by atoms with van der Waals surface area (Å²) in [5.74, 6) is -0.849. The van der Waals surface area contributed by atoms with Crippen molar-refractivity contribution in [1.29, 1.82) is 0 Å². The average molecular weight is 1660 g/mol. The van der Waals surface area contributed by atoms with Crippen molar-refractivity contribution in [3.8, 4) is 122 Å². The average Bonchev–Trinajstić information content (AvgIpc) is 0.835. The van der Waals surface area contributed by atoms with Crippen molar-refractivity contribution in [3.05, 3.63) is 538 Å². The number of hydrogen-bond acceptors (Lipinski definition) is 3. The van der Waals surface area contributed by atoms with Gasteiger partial charge in [0.2, 0.25) is 0 Å². The molecule has 0 aliphatic carbocycles. The monoisotopic (exact) mass is 1650 g/mol. The Balaban J connectivity index is 0.000000132. The molecule has 0 aromatic heterocycles. The van der Waals surface area contributed by atoms with Crippen molar-refractivity contribution < 1.29 is 13.2 Å². The van der Waals surface area contributed by atoms with E-state index in [1.54, 1.807) is 18.2 Å². The Hall–Kier alpha value is -16.4. The van der Waals surface area contributed by atoms with Crippen molar-refractivity contribution in [2.24, 2.45) is 0 Å². The summed E-state index contributed by atoms with van der Waals surface area (Å²) in [5, 5.41) is 0. The maximum Gasteiger partial charge on any atom is 0.148 e. The lowest BCUT2D eigenvalue weighted by atomic mass is 9.94. The lowest BCUT2D eigenvalue weighted by Gasteiger charge is -2.29. The third kappa shape index (κ3) is 18.9. The molecule has 20 aromatic rings. The Morgan fingerprint density at radius 2 is 0.266 bits per heavy atom. The first-order valence-corrected chi connectivity index (χ1v) is 43.1. The van der Waals surface area contributed by atoms with Crippen LogP contribution < -0.4 is 14.7 Å². The zero-order valence-corrected chi connectivity index (χ0v) is 71.0. The van der Waals surface area contributed by atoms with Gasteiger partial charge in [-0.05, 0) is 229 Å². The van der Waals surface area contributed by atoms with Gasteiger partial charge in [0.15, 0.2) is 0 Å². The number of nitrogens with zero attached hydrogens (tertiary/aromatic N) is 3. The normalized spacial score (nSPS) is 10.9. The van der Waals surface area contributed by atoms with E-state index < -0.39 is 0 Å². The van der Waals surface area contributed by atoms with Gasteiger partial charge in [0.25, 0.3) is 0 Å². The lowest BCUT2D eigenvalue weighted by molar-refractivity contribution is 0.629. The molecule has 0 saturated heterocycles. The largest absolute Gasteiger partial charge is 0.307 e. The number of anilines is 9. The fourth-order valence-electron chi connectivity index (χ4n) is 16.6. The van der Waals surface area contributed by atoms with E-state index in [-0.39, 0.29) is 17.5 Å². The standard InChI is InChI=1S/C48H34FN.C42H30FN.C32H26FN/c49-47-34-43(41-23-21-38(22-24-41)35-13-5-1-6-14-35)33-46(42-19-11-4-12-20-42)48(47)50(44-29-25-39(26-30-44)36-15-7-2-8-16-36)45-31-27-40(28-32-45)37-17-9-3-10-18-37;43-41-30-37(33-17-9-3-10-18-33)29-40(36-19-11-4-12-20-36)42(41)44(38-25-21-34(22-26-38)31-13-5-1-6-14-31)39-27-23-35(24-28-39)32-15-7-2-8-16-32;1-23-13-17-28(18-14-23)34(29-19-15-24(2)16-20-29)32-30(26-11-7-4-8-12-26)21-27(22-31(32)33)25-9-5-3-6-10-25/h1-34H;1-30H;3-22H,1-2H3. The van der Waals surface area contributed by atoms with Crippen LogP contribution in [0.4, 0.5) is 64.4 Å². The van der Waals surface area contributed by atoms with Crippen LogP contribution in [-0.2, 0) is 0 Å². The number of rotatable bonds is 20. The minimum Gasteiger partial charge on any atom is -0.307 e. The molecule has 0 N–H and O–H groups in total. The molecule has 0 aliphatic heterocycles. The van der Waals surface area contributed by atoms with Gasteiger partial charge in [0.1, 0.15) is 17.5 Å². The van der Waals surface area contributed by atoms with Gasteiger partial charge in [-0.15, -0.1) is 0 Å². The smallest absolute Gasteiger partial charge is 0.148 e. The minimum atomic E-state index is -0.298. The first kappa shape index (κ1) is 82.5. The molecule has 0 atom stereocenters. The zero-order chi connectivity index (χ0) is 86.9. The SMILES string of the molecule is Cc1ccc(N(c2ccc(C)cc2)c2c(F)cc(-c3ccccc3)cc2-c2ccccc2)cc1.Fc1cc(-c2ccc(-c3ccccc3)cc2)cc(-c2ccccc2)c1N(c1ccc(-c2ccccc2)cc1)c1ccc(-c2ccccc2)cc1.Fc1cc(-c2ccccc2)cc(-c2ccccc2)c1N(c1ccc(-c2ccccc2)cc1)c1ccc(-c2ccccc2)cc1. The van der Waals surface area contributed by atoms with E-state index in [9.17, 15) is 0 Å². The van der Waals surface area contributed by atoms with Crippen LogP contribution >= 0.6 is 0 Å². The van der Waals surface area contributed by atoms with Gasteiger partial charge in [0, 0.05) is 50.8 Å². The molecule has 0 bridgehead atoms. The maximum atomic E-state index is 17.1. The van der Waals surface area contributed by atoms with Crippen LogP contribution in [0.15, 0.2) is 510 Å². The maximum absolute atomic E-state index is 17.1. The first-order chi connectivity index (χ1) is 63.0. The molecule has 0 saturated carbocycles. The number of halogens is 3. The fraction of sp³-hybridized carbons (Fsp3) is 0.0164. The molecule has 3 nitrogen and oxygen atoms in total. The van der Waals surface area contributed by atoms with E-state index in [0.29, 0.717) is 17.1 Å². The van der Waals surface area contributed by atoms with Gasteiger partial charge in [-0.2, -0.15) is 0 Å². The first-order valence-electron chi connectivity index (χ1n) is 43.1. The van der Waals surface area contributed by atoms with Crippen molar-refractivity contribution in [2.45, 2.75) is 13.8 Å². The Kier molecular flexibility index (Phi) is 25.1. The molecule has 0 spiro atoms. The van der Waals surface area contributed by atoms with Gasteiger partial charge < -0.3 is 14.7 Å². The molecule has 20 aromatic carbocycles. The van der Waals surface area contributed by atoms with E-state index >= 15 is 13.2 Å². The van der Waals surface area contributed by atoms with E-state index in [1.165, 1.54) is 0 Å². The number of aryl methyl sites for hydroxylation is 2. The van der Waals surface area contributed by atoms with Crippen LogP contribution in [0.5, 0.6) is 0 Å². The van der Waals surface area contributed by atoms with E-state index in [4.69, 9.17) is 0 Å². The summed E-state index contributed by atoms with van der Waals surface area (Å²) in [6, 6.07) is 171. The summed E-state index contributed by atoms with van der Waals surface area (Å²) in [6.45, 7) is 4.12. The zero-order valence-electron chi connectivity index (χ0n) is 71.0. The van der Waals surface area contributed by atoms with Crippen LogP contribution in [0.2, 0.25) is 0 Å². The highest BCUT2D eigenvalue weighted by Gasteiger charge is 2.28. The molecule has 614 valence electrons. The molecule has 0 radical (unpaired) electrons. The van der Waals surface area contributed by atoms with Gasteiger partial charge in [0.05, 0.1) is 17.1 Å². The van der Waals surface area contributed by atoms with E-state index in [0.717, 1.165) is 168 Å². The summed E-state index contributed by atoms with van der Waals surface area (Å²) >= 11 is 0. The summed E-state index contributed by atoms with van der Waals surface area (Å²) in [7, 11) is 0. The fourth-order valence-corrected chi connectivity index (χ4v) is 16.6. The van der Waals surface area contributed by atoms with Gasteiger partial charge in [-0.3, -0.25) is 0 Å². The molecule has 128 heavy (non-hydrogen) atoms. The molecule has 0 fully saturated rings. The van der Waals surface area contributed by atoms with Crippen LogP contribution in [0.1, 0.15) is 11.1 Å². The van der Waals surface area contributed by atoms with Crippen LogP contribution in [0.25, 0.3) is 122 Å². The lowest BCUT2D eigenvalue weighted by Crippen LogP contribution is -2.13. The predicted octanol–water partition coefficient (Wildman–Crippen LogP) is 34.8. The summed E-state index contributed by atoms with van der Waals surface area (Å²) < 4.78 is 50.1. The predicted molar refractivity (Wildman–Crippen MR) is 533 cm³/mol. The van der Waals surface area contributed by atoms with Crippen molar-refractivity contribution >= 4 is 51.2 Å². The Morgan fingerprint density at radius 3 is 0.445 bits per heavy atom. The van der Waals surface area contributed by atoms with Crippen LogP contribution in [0.3, 0.4) is 0 Å². The Morgan fingerprint density at radius 1 is 0.133 bits per heavy atom. The molecular weight excluding hydrogens is 1560 g/mol. The highest BCUT2D eigenvalue weighted by Crippen LogP contribution is 2.50. The molecule has 0 unspecified atom stereocenters. The summed E-state index contributed by atoms with van der Waals surface area (Å²) in [5.41, 5.74) is 31.2. The highest BCUT2D eigenvalue weighted by molar-refractivity contribution is 5.96. The highest BCUT2D eigenvalue weighted by atomic mass is 19.1. The third-order valence-corrected chi connectivity index (χ3v) is 23.2. The quantitative estimate of drug-likeness (QED) is 0.0753. The Bertz CT molecular complexity index is 6820. The second-order valence-corrected chi connectivity index (χ2v) is 31.7. The Labute approximate surface area is 748 Å². The molecule has 0 heterocycles. The topological polar surface area (TPSA) is 9.72 Å². The van der Waals surface area contributed by atoms with Gasteiger partial charge in [-0.25, -0.2) is 13.2 Å². The number of benzene rings is 20. The van der Waals surface area contributed by atoms with Crippen molar-refractivity contribution in [1.82, 2.24) is 0 Å². The van der Waals surface area contributed by atoms with E-state index in [1.807, 2.05) is 245 Å². The van der Waals surface area contributed by atoms with Gasteiger partial charge >= 0.3 is 0 Å². The number of hydrogen-bond donors (Lipinski definition) is 0. The van der Waals surface area contributed by atoms with Crippen molar-refractivity contribution in [3.63, 3.8) is 0 Å².